The quantitative estimate of drug-likeness (QED) is 0.450. The zero-order valence-electron chi connectivity index (χ0n) is 12.7. The Morgan fingerprint density at radius 2 is 1.96 bits per heavy atom. The molecule has 2 aromatic heterocycles. The second-order valence-corrected chi connectivity index (χ2v) is 5.26. The van der Waals surface area contributed by atoms with Gasteiger partial charge in [-0.15, -0.1) is 0 Å². The fraction of sp³-hybridized carbons (Fsp3) is 0. The van der Waals surface area contributed by atoms with Crippen molar-refractivity contribution in [2.45, 2.75) is 0 Å². The predicted octanol–water partition coefficient (Wildman–Crippen LogP) is 3.57. The fourth-order valence-corrected chi connectivity index (χ4v) is 2.54. The van der Waals surface area contributed by atoms with Crippen LogP contribution in [0, 0.1) is 10.1 Å². The molecular weight excluding hydrogens is 324 g/mol. The lowest BCUT2D eigenvalue weighted by Crippen LogP contribution is -1.90. The summed E-state index contributed by atoms with van der Waals surface area (Å²) in [6, 6.07) is 13.1. The van der Waals surface area contributed by atoms with Crippen LogP contribution in [0.15, 0.2) is 59.3 Å². The normalized spacial score (nSPS) is 10.9. The van der Waals surface area contributed by atoms with Gasteiger partial charge in [0.25, 0.3) is 11.6 Å². The van der Waals surface area contributed by atoms with Crippen molar-refractivity contribution in [1.29, 1.82) is 0 Å². The van der Waals surface area contributed by atoms with Gasteiger partial charge in [0.1, 0.15) is 11.4 Å². The van der Waals surface area contributed by atoms with Gasteiger partial charge in [-0.2, -0.15) is 4.98 Å². The number of aromatic nitrogens is 3. The Hall–Kier alpha value is -3.81. The number of non-ortho nitro benzene ring substituents is 1. The first-order chi connectivity index (χ1) is 12.1. The number of pyridine rings is 1. The monoisotopic (exact) mass is 334 g/mol. The molecule has 0 radical (unpaired) electrons. The number of benzene rings is 2. The minimum absolute atomic E-state index is 0.0223. The molecule has 25 heavy (non-hydrogen) atoms. The number of aromatic hydroxyl groups is 1. The zero-order valence-corrected chi connectivity index (χ0v) is 12.7. The minimum Gasteiger partial charge on any atom is -0.507 e. The molecule has 8 heteroatoms. The van der Waals surface area contributed by atoms with Crippen LogP contribution in [0.4, 0.5) is 5.69 Å². The van der Waals surface area contributed by atoms with E-state index < -0.39 is 4.92 Å². The maximum atomic E-state index is 10.9. The van der Waals surface area contributed by atoms with Gasteiger partial charge < -0.3 is 9.63 Å². The Balaban J connectivity index is 1.83. The SMILES string of the molecule is O=[N+]([O-])c1ccc(O)c(-c2nc(-c3nccc4ccccc34)no2)c1. The third-order valence-electron chi connectivity index (χ3n) is 3.73. The molecule has 1 N–H and O–H groups in total. The van der Waals surface area contributed by atoms with Crippen LogP contribution >= 0.6 is 0 Å². The second kappa shape index (κ2) is 5.68. The third-order valence-corrected chi connectivity index (χ3v) is 3.73. The first-order valence-corrected chi connectivity index (χ1v) is 7.29. The Morgan fingerprint density at radius 1 is 1.12 bits per heavy atom. The molecular formula is C17H10N4O4. The molecule has 0 atom stereocenters. The second-order valence-electron chi connectivity index (χ2n) is 5.26. The molecule has 0 bridgehead atoms. The minimum atomic E-state index is -0.563. The lowest BCUT2D eigenvalue weighted by molar-refractivity contribution is -0.384. The van der Waals surface area contributed by atoms with Crippen molar-refractivity contribution in [2.75, 3.05) is 0 Å². The lowest BCUT2D eigenvalue weighted by atomic mass is 10.1. The highest BCUT2D eigenvalue weighted by atomic mass is 16.6. The zero-order chi connectivity index (χ0) is 17.4. The van der Waals surface area contributed by atoms with Crippen LogP contribution in [-0.4, -0.2) is 25.2 Å². The molecule has 0 saturated carbocycles. The molecule has 0 fully saturated rings. The van der Waals surface area contributed by atoms with Gasteiger partial charge in [-0.3, -0.25) is 15.1 Å². The summed E-state index contributed by atoms with van der Waals surface area (Å²) in [5.41, 5.74) is 0.432. The molecule has 4 rings (SSSR count). The number of phenols is 1. The number of phenolic OH excluding ortho intramolecular Hbond substituents is 1. The fourth-order valence-electron chi connectivity index (χ4n) is 2.54. The summed E-state index contributed by atoms with van der Waals surface area (Å²) >= 11 is 0. The van der Waals surface area contributed by atoms with E-state index in [-0.39, 0.29) is 28.7 Å². The van der Waals surface area contributed by atoms with Gasteiger partial charge in [-0.1, -0.05) is 29.4 Å². The number of nitro groups is 1. The van der Waals surface area contributed by atoms with Crippen molar-refractivity contribution in [3.63, 3.8) is 0 Å². The molecule has 0 aliphatic carbocycles. The van der Waals surface area contributed by atoms with Gasteiger partial charge in [0.2, 0.25) is 5.82 Å². The van der Waals surface area contributed by atoms with E-state index in [4.69, 9.17) is 4.52 Å². The summed E-state index contributed by atoms with van der Waals surface area (Å²) in [5, 5.41) is 26.6. The van der Waals surface area contributed by atoms with Crippen LogP contribution in [0.25, 0.3) is 33.7 Å². The van der Waals surface area contributed by atoms with Crippen molar-refractivity contribution >= 4 is 16.5 Å². The first kappa shape index (κ1) is 14.8. The molecule has 0 spiro atoms. The lowest BCUT2D eigenvalue weighted by Gasteiger charge is -2.00. The molecule has 2 heterocycles. The molecule has 122 valence electrons. The molecule has 0 unspecified atom stereocenters. The van der Waals surface area contributed by atoms with E-state index in [1.54, 1.807) is 6.20 Å². The standard InChI is InChI=1S/C17H10N4O4/c22-14-6-5-11(21(23)24)9-13(14)17-19-16(20-25-17)15-12-4-2-1-3-10(12)7-8-18-15/h1-9,22H. The summed E-state index contributed by atoms with van der Waals surface area (Å²) in [5.74, 6) is 0.0234. The van der Waals surface area contributed by atoms with E-state index >= 15 is 0 Å². The van der Waals surface area contributed by atoms with Gasteiger partial charge in [0, 0.05) is 23.7 Å². The highest BCUT2D eigenvalue weighted by Crippen LogP contribution is 2.33. The maximum absolute atomic E-state index is 10.9. The van der Waals surface area contributed by atoms with Crippen LogP contribution in [0.3, 0.4) is 0 Å². The summed E-state index contributed by atoms with van der Waals surface area (Å²) in [4.78, 5) is 18.9. The van der Waals surface area contributed by atoms with E-state index in [0.29, 0.717) is 5.69 Å². The van der Waals surface area contributed by atoms with Crippen molar-refractivity contribution in [3.05, 3.63) is 64.8 Å². The highest BCUT2D eigenvalue weighted by Gasteiger charge is 2.19. The summed E-state index contributed by atoms with van der Waals surface area (Å²) < 4.78 is 5.19. The average Bonchev–Trinajstić information content (AvgIpc) is 3.11. The number of hydrogen-bond acceptors (Lipinski definition) is 7. The molecule has 4 aromatic rings. The van der Waals surface area contributed by atoms with Crippen molar-refractivity contribution < 1.29 is 14.6 Å². The Kier molecular flexibility index (Phi) is 3.35. The largest absolute Gasteiger partial charge is 0.507 e. The Morgan fingerprint density at radius 3 is 2.80 bits per heavy atom. The average molecular weight is 334 g/mol. The van der Waals surface area contributed by atoms with Crippen LogP contribution < -0.4 is 0 Å². The van der Waals surface area contributed by atoms with Crippen molar-refractivity contribution in [3.8, 4) is 28.7 Å². The number of fused-ring (bicyclic) bond motifs is 1. The number of nitrogens with zero attached hydrogens (tertiary/aromatic N) is 4. The van der Waals surface area contributed by atoms with Crippen LogP contribution in [0.5, 0.6) is 5.75 Å². The molecule has 0 aliphatic heterocycles. The van der Waals surface area contributed by atoms with Gasteiger partial charge in [0.15, 0.2) is 0 Å². The van der Waals surface area contributed by atoms with E-state index in [1.165, 1.54) is 18.2 Å². The third kappa shape index (κ3) is 2.55. The van der Waals surface area contributed by atoms with Gasteiger partial charge >= 0.3 is 0 Å². The first-order valence-electron chi connectivity index (χ1n) is 7.29. The van der Waals surface area contributed by atoms with Crippen LogP contribution in [0.2, 0.25) is 0 Å². The highest BCUT2D eigenvalue weighted by molar-refractivity contribution is 5.92. The van der Waals surface area contributed by atoms with E-state index in [1.807, 2.05) is 30.3 Å². The molecule has 8 nitrogen and oxygen atoms in total. The predicted molar refractivity (Wildman–Crippen MR) is 88.8 cm³/mol. The van der Waals surface area contributed by atoms with Crippen LogP contribution in [0.1, 0.15) is 0 Å². The Bertz CT molecular complexity index is 1100. The van der Waals surface area contributed by atoms with E-state index in [0.717, 1.165) is 10.8 Å². The van der Waals surface area contributed by atoms with Gasteiger partial charge in [-0.25, -0.2) is 0 Å². The molecule has 0 saturated heterocycles. The summed E-state index contributed by atoms with van der Waals surface area (Å²) in [7, 11) is 0. The number of hydrogen-bond donors (Lipinski definition) is 1. The molecule has 2 aromatic carbocycles. The van der Waals surface area contributed by atoms with Gasteiger partial charge in [-0.05, 0) is 17.5 Å². The van der Waals surface area contributed by atoms with Crippen molar-refractivity contribution in [1.82, 2.24) is 15.1 Å². The summed E-state index contributed by atoms with van der Waals surface area (Å²) in [6.45, 7) is 0. The smallest absolute Gasteiger partial charge is 0.270 e. The molecule has 0 amide bonds. The topological polar surface area (TPSA) is 115 Å². The maximum Gasteiger partial charge on any atom is 0.270 e. The Labute approximate surface area is 140 Å². The molecule has 0 aliphatic rings. The summed E-state index contributed by atoms with van der Waals surface area (Å²) in [6.07, 6.45) is 1.64. The van der Waals surface area contributed by atoms with Crippen LogP contribution in [-0.2, 0) is 0 Å². The van der Waals surface area contributed by atoms with E-state index in [2.05, 4.69) is 15.1 Å². The van der Waals surface area contributed by atoms with Gasteiger partial charge in [0.05, 0.1) is 10.5 Å². The van der Waals surface area contributed by atoms with E-state index in [9.17, 15) is 15.2 Å². The van der Waals surface area contributed by atoms with Crippen molar-refractivity contribution in [2.24, 2.45) is 0 Å². The number of rotatable bonds is 3. The number of nitro benzene ring substituents is 1.